The highest BCUT2D eigenvalue weighted by Gasteiger charge is 2.13. The van der Waals surface area contributed by atoms with Crippen LogP contribution in [0.15, 0.2) is 48.5 Å². The molecule has 0 bridgehead atoms. The molecule has 0 radical (unpaired) electrons. The lowest BCUT2D eigenvalue weighted by atomic mass is 10.3. The number of hydrogen-bond acceptors (Lipinski definition) is 6. The molecule has 2 nitrogen and oxygen atoms in total. The Labute approximate surface area is 169 Å². The largest absolute Gasteiger partial charge is 0.324 e. The Morgan fingerprint density at radius 3 is 1.04 bits per heavy atom. The van der Waals surface area contributed by atoms with E-state index in [9.17, 15) is 0 Å². The van der Waals surface area contributed by atoms with Crippen LogP contribution in [0.5, 0.6) is 0 Å². The second-order valence-corrected chi connectivity index (χ2v) is 10.7. The molecule has 0 amide bonds. The topological polar surface area (TPSA) is 52.0 Å². The molecule has 0 aliphatic carbocycles. The maximum Gasteiger partial charge on any atom is 0.0449 e. The SMILES string of the molecule is CC(N)c1ccc(-c2ccc(-c3ccc(-c4ccc(C(C)N)s4)s3)s2)s1. The predicted molar refractivity (Wildman–Crippen MR) is 119 cm³/mol. The molecule has 0 aromatic carbocycles. The zero-order valence-electron chi connectivity index (χ0n) is 14.6. The van der Waals surface area contributed by atoms with E-state index in [1.807, 2.05) is 36.5 Å². The van der Waals surface area contributed by atoms with Crippen LogP contribution >= 0.6 is 45.3 Å². The van der Waals surface area contributed by atoms with Crippen LogP contribution in [0, 0.1) is 0 Å². The lowest BCUT2D eigenvalue weighted by Crippen LogP contribution is -2.01. The van der Waals surface area contributed by atoms with Gasteiger partial charge in [-0.05, 0) is 62.4 Å². The summed E-state index contributed by atoms with van der Waals surface area (Å²) in [5.41, 5.74) is 12.0. The minimum atomic E-state index is 0.0972. The van der Waals surface area contributed by atoms with Gasteiger partial charge in [0.15, 0.2) is 0 Å². The third-order valence-corrected chi connectivity index (χ3v) is 9.42. The first kappa shape index (κ1) is 18.1. The number of hydrogen-bond donors (Lipinski definition) is 2. The van der Waals surface area contributed by atoms with Crippen LogP contribution in [0.1, 0.15) is 35.7 Å². The summed E-state index contributed by atoms with van der Waals surface area (Å²) >= 11 is 7.27. The van der Waals surface area contributed by atoms with Gasteiger partial charge in [-0.25, -0.2) is 0 Å². The van der Waals surface area contributed by atoms with Gasteiger partial charge in [0.1, 0.15) is 0 Å². The smallest absolute Gasteiger partial charge is 0.0449 e. The summed E-state index contributed by atoms with van der Waals surface area (Å²) in [5, 5.41) is 0. The summed E-state index contributed by atoms with van der Waals surface area (Å²) in [6.45, 7) is 4.06. The van der Waals surface area contributed by atoms with Gasteiger partial charge in [-0.15, -0.1) is 45.3 Å². The minimum Gasteiger partial charge on any atom is -0.324 e. The average molecular weight is 417 g/mol. The Bertz CT molecular complexity index is 934. The lowest BCUT2D eigenvalue weighted by molar-refractivity contribution is 0.838. The number of thiophene rings is 4. The van der Waals surface area contributed by atoms with Gasteiger partial charge in [0.05, 0.1) is 0 Å². The van der Waals surface area contributed by atoms with E-state index in [-0.39, 0.29) is 12.1 Å². The van der Waals surface area contributed by atoms with Crippen LogP contribution < -0.4 is 11.5 Å². The van der Waals surface area contributed by atoms with Gasteiger partial charge in [-0.3, -0.25) is 0 Å². The molecule has 0 aliphatic heterocycles. The summed E-state index contributed by atoms with van der Waals surface area (Å²) in [6, 6.07) is 17.7. The molecule has 4 N–H and O–H groups in total. The van der Waals surface area contributed by atoms with E-state index in [0.717, 1.165) is 0 Å². The first-order chi connectivity index (χ1) is 12.5. The summed E-state index contributed by atoms with van der Waals surface area (Å²) < 4.78 is 0. The second kappa shape index (κ2) is 7.38. The number of nitrogens with two attached hydrogens (primary N) is 2. The summed E-state index contributed by atoms with van der Waals surface area (Å²) in [6.07, 6.45) is 0. The fourth-order valence-electron chi connectivity index (χ4n) is 2.67. The first-order valence-corrected chi connectivity index (χ1v) is 11.7. The van der Waals surface area contributed by atoms with Crippen molar-refractivity contribution in [1.82, 2.24) is 0 Å². The maximum absolute atomic E-state index is 5.99. The standard InChI is InChI=1S/C20H20N2S4/c1-11(21)13-3-5-15(23-13)17-7-9-19(25-17)20-10-8-18(26-20)16-6-4-14(24-16)12(2)22/h3-12H,21-22H2,1-2H3. The molecule has 0 spiro atoms. The molecular weight excluding hydrogens is 397 g/mol. The van der Waals surface area contributed by atoms with Gasteiger partial charge in [0, 0.05) is 51.1 Å². The quantitative estimate of drug-likeness (QED) is 0.369. The molecule has 4 aromatic heterocycles. The van der Waals surface area contributed by atoms with E-state index >= 15 is 0 Å². The van der Waals surface area contributed by atoms with E-state index < -0.39 is 0 Å². The zero-order valence-corrected chi connectivity index (χ0v) is 17.8. The highest BCUT2D eigenvalue weighted by atomic mass is 32.1. The molecule has 0 saturated heterocycles. The van der Waals surface area contributed by atoms with Crippen molar-refractivity contribution in [2.45, 2.75) is 25.9 Å². The predicted octanol–water partition coefficient (Wildman–Crippen LogP) is 6.97. The van der Waals surface area contributed by atoms with E-state index in [1.165, 1.54) is 39.0 Å². The van der Waals surface area contributed by atoms with E-state index in [2.05, 4.69) is 48.5 Å². The van der Waals surface area contributed by atoms with Crippen LogP contribution in [0.4, 0.5) is 0 Å². The third kappa shape index (κ3) is 3.58. The fraction of sp³-hybridized carbons (Fsp3) is 0.200. The summed E-state index contributed by atoms with van der Waals surface area (Å²) in [7, 11) is 0. The average Bonchev–Trinajstić information content (AvgIpc) is 3.40. The van der Waals surface area contributed by atoms with E-state index in [0.29, 0.717) is 0 Å². The molecule has 2 atom stereocenters. The van der Waals surface area contributed by atoms with Gasteiger partial charge < -0.3 is 11.5 Å². The van der Waals surface area contributed by atoms with Crippen molar-refractivity contribution < 1.29 is 0 Å². The Hall–Kier alpha value is -1.28. The van der Waals surface area contributed by atoms with Crippen LogP contribution in [0.2, 0.25) is 0 Å². The van der Waals surface area contributed by atoms with Crippen molar-refractivity contribution in [3.63, 3.8) is 0 Å². The molecule has 0 aliphatic rings. The minimum absolute atomic E-state index is 0.0972. The molecular formula is C20H20N2S4. The number of rotatable bonds is 5. The molecule has 0 saturated carbocycles. The van der Waals surface area contributed by atoms with E-state index in [4.69, 9.17) is 11.5 Å². The Balaban J connectivity index is 1.58. The van der Waals surface area contributed by atoms with Gasteiger partial charge >= 0.3 is 0 Å². The molecule has 4 aromatic rings. The molecule has 2 unspecified atom stereocenters. The third-order valence-electron chi connectivity index (χ3n) is 4.09. The van der Waals surface area contributed by atoms with Gasteiger partial charge in [0.25, 0.3) is 0 Å². The van der Waals surface area contributed by atoms with Crippen molar-refractivity contribution in [1.29, 1.82) is 0 Å². The molecule has 134 valence electrons. The van der Waals surface area contributed by atoms with Crippen LogP contribution in [-0.4, -0.2) is 0 Å². The summed E-state index contributed by atoms with van der Waals surface area (Å²) in [5.74, 6) is 0. The van der Waals surface area contributed by atoms with E-state index in [1.54, 1.807) is 22.7 Å². The van der Waals surface area contributed by atoms with Crippen molar-refractivity contribution in [3.8, 4) is 29.3 Å². The molecule has 4 rings (SSSR count). The van der Waals surface area contributed by atoms with Crippen molar-refractivity contribution in [2.24, 2.45) is 11.5 Å². The molecule has 4 heterocycles. The Kier molecular flexibility index (Phi) is 5.14. The fourth-order valence-corrected chi connectivity index (χ4v) is 6.87. The lowest BCUT2D eigenvalue weighted by Gasteiger charge is -1.98. The monoisotopic (exact) mass is 416 g/mol. The van der Waals surface area contributed by atoms with Crippen LogP contribution in [0.25, 0.3) is 29.3 Å². The maximum atomic E-state index is 5.99. The zero-order chi connectivity index (χ0) is 18.3. The van der Waals surface area contributed by atoms with Gasteiger partial charge in [-0.2, -0.15) is 0 Å². The first-order valence-electron chi connectivity index (χ1n) is 8.42. The van der Waals surface area contributed by atoms with Crippen LogP contribution in [0.3, 0.4) is 0 Å². The normalized spacial score (nSPS) is 13.8. The molecule has 6 heteroatoms. The second-order valence-electron chi connectivity index (χ2n) is 6.31. The van der Waals surface area contributed by atoms with Crippen molar-refractivity contribution in [2.75, 3.05) is 0 Å². The van der Waals surface area contributed by atoms with Crippen molar-refractivity contribution in [3.05, 3.63) is 58.3 Å². The highest BCUT2D eigenvalue weighted by molar-refractivity contribution is 7.28. The van der Waals surface area contributed by atoms with Crippen LogP contribution in [-0.2, 0) is 0 Å². The Morgan fingerprint density at radius 1 is 0.500 bits per heavy atom. The molecule has 0 fully saturated rings. The molecule has 26 heavy (non-hydrogen) atoms. The summed E-state index contributed by atoms with van der Waals surface area (Å²) in [4.78, 5) is 10.3. The van der Waals surface area contributed by atoms with Gasteiger partial charge in [-0.1, -0.05) is 0 Å². The van der Waals surface area contributed by atoms with Gasteiger partial charge in [0.2, 0.25) is 0 Å². The highest BCUT2D eigenvalue weighted by Crippen LogP contribution is 2.43. The Morgan fingerprint density at radius 2 is 0.769 bits per heavy atom. The van der Waals surface area contributed by atoms with Crippen molar-refractivity contribution >= 4 is 45.3 Å².